The number of fused-ring (bicyclic) bond motifs is 1. The van der Waals surface area contributed by atoms with E-state index in [2.05, 4.69) is 5.92 Å². The van der Waals surface area contributed by atoms with Gasteiger partial charge in [0.2, 0.25) is 0 Å². The van der Waals surface area contributed by atoms with Crippen LogP contribution in [0.5, 0.6) is 5.75 Å². The molecular formula is C17H23Cl2N2O2+. The van der Waals surface area contributed by atoms with Crippen molar-refractivity contribution < 1.29 is 14.0 Å². The number of carbonyl (C=O) groups excluding carboxylic acids is 1. The first-order chi connectivity index (χ1) is 10.4. The molecule has 0 fully saturated rings. The lowest BCUT2D eigenvalue weighted by molar-refractivity contribution is -0.828. The maximum atomic E-state index is 12.5. The van der Waals surface area contributed by atoms with Crippen LogP contribution in [0.4, 0.5) is 4.79 Å². The molecule has 1 aromatic rings. The fraction of sp³-hybridized carbons (Fsp3) is 0.471. The summed E-state index contributed by atoms with van der Waals surface area (Å²) in [6.07, 6.45) is 7.62. The number of hydrogen-bond donors (Lipinski definition) is 1. The first-order valence-corrected chi connectivity index (χ1v) is 7.87. The van der Waals surface area contributed by atoms with Gasteiger partial charge in [-0.3, -0.25) is 0 Å². The van der Waals surface area contributed by atoms with E-state index < -0.39 is 6.09 Å². The minimum atomic E-state index is -0.395. The highest BCUT2D eigenvalue weighted by Crippen LogP contribution is 2.37. The van der Waals surface area contributed by atoms with Crippen LogP contribution in [0.2, 0.25) is 5.02 Å². The highest BCUT2D eigenvalue weighted by atomic mass is 35.5. The summed E-state index contributed by atoms with van der Waals surface area (Å²) >= 11 is 6.24. The highest BCUT2D eigenvalue weighted by Gasteiger charge is 2.34. The number of terminal acetylenes is 1. The van der Waals surface area contributed by atoms with Crippen molar-refractivity contribution in [1.82, 2.24) is 0 Å². The fourth-order valence-corrected chi connectivity index (χ4v) is 3.08. The Kier molecular flexibility index (Phi) is 6.91. The van der Waals surface area contributed by atoms with Crippen molar-refractivity contribution in [3.05, 3.63) is 28.3 Å². The van der Waals surface area contributed by atoms with E-state index in [0.717, 1.165) is 30.4 Å². The molecule has 0 heterocycles. The lowest BCUT2D eigenvalue weighted by atomic mass is 10.1. The Hall–Kier alpha value is -1.25. The minimum absolute atomic E-state index is 0. The third-order valence-electron chi connectivity index (χ3n) is 4.11. The number of rotatable bonds is 4. The Morgan fingerprint density at radius 3 is 2.87 bits per heavy atom. The third kappa shape index (κ3) is 4.19. The molecule has 0 saturated heterocycles. The summed E-state index contributed by atoms with van der Waals surface area (Å²) in [5.74, 6) is 2.90. The summed E-state index contributed by atoms with van der Waals surface area (Å²) < 4.78 is 5.57. The Labute approximate surface area is 148 Å². The van der Waals surface area contributed by atoms with Crippen LogP contribution in [0.15, 0.2) is 12.1 Å². The van der Waals surface area contributed by atoms with Gasteiger partial charge in [-0.05, 0) is 48.4 Å². The molecule has 1 aliphatic carbocycles. The molecule has 126 valence electrons. The smallest absolute Gasteiger partial charge is 0.379 e. The van der Waals surface area contributed by atoms with E-state index in [1.807, 2.05) is 13.0 Å². The second kappa shape index (κ2) is 8.03. The molecule has 0 aliphatic heterocycles. The Morgan fingerprint density at radius 1 is 1.57 bits per heavy atom. The highest BCUT2D eigenvalue weighted by molar-refractivity contribution is 6.32. The van der Waals surface area contributed by atoms with Crippen LogP contribution in [0.1, 0.15) is 36.9 Å². The van der Waals surface area contributed by atoms with Crippen molar-refractivity contribution in [1.29, 1.82) is 0 Å². The molecular weight excluding hydrogens is 335 g/mol. The minimum Gasteiger partial charge on any atom is -0.379 e. The SMILES string of the molecule is C#CC[N+](C)(CCC)C(=O)Oc1cc2c(cc1Cl)CCC2N.Cl. The van der Waals surface area contributed by atoms with Gasteiger partial charge in [0.15, 0.2) is 5.75 Å². The van der Waals surface area contributed by atoms with Crippen LogP contribution in [0.25, 0.3) is 0 Å². The maximum Gasteiger partial charge on any atom is 0.522 e. The lowest BCUT2D eigenvalue weighted by Crippen LogP contribution is -2.51. The number of ether oxygens (including phenoxy) is 1. The van der Waals surface area contributed by atoms with Gasteiger partial charge in [0, 0.05) is 6.04 Å². The zero-order chi connectivity index (χ0) is 16.3. The second-order valence-electron chi connectivity index (χ2n) is 5.98. The Bertz CT molecular complexity index is 628. The third-order valence-corrected chi connectivity index (χ3v) is 4.41. The first kappa shape index (κ1) is 19.8. The van der Waals surface area contributed by atoms with E-state index in [4.69, 9.17) is 28.5 Å². The number of amides is 1. The van der Waals surface area contributed by atoms with Crippen molar-refractivity contribution in [3.8, 4) is 18.1 Å². The van der Waals surface area contributed by atoms with Crippen LogP contribution in [-0.4, -0.2) is 30.7 Å². The summed E-state index contributed by atoms with van der Waals surface area (Å²) in [6.45, 7) is 2.90. The molecule has 2 unspecified atom stereocenters. The normalized spacial score (nSPS) is 18.3. The molecule has 4 nitrogen and oxygen atoms in total. The van der Waals surface area contributed by atoms with E-state index in [0.29, 0.717) is 17.3 Å². The van der Waals surface area contributed by atoms with Crippen LogP contribution < -0.4 is 10.5 Å². The number of hydrogen-bond acceptors (Lipinski definition) is 3. The zero-order valence-electron chi connectivity index (χ0n) is 13.5. The summed E-state index contributed by atoms with van der Waals surface area (Å²) in [5.41, 5.74) is 8.20. The van der Waals surface area contributed by atoms with Crippen LogP contribution in [0, 0.1) is 12.3 Å². The van der Waals surface area contributed by atoms with E-state index in [1.54, 1.807) is 13.1 Å². The zero-order valence-corrected chi connectivity index (χ0v) is 15.0. The van der Waals surface area contributed by atoms with Gasteiger partial charge >= 0.3 is 6.09 Å². The topological polar surface area (TPSA) is 52.3 Å². The van der Waals surface area contributed by atoms with Crippen molar-refractivity contribution in [2.45, 2.75) is 32.2 Å². The molecule has 6 heteroatoms. The van der Waals surface area contributed by atoms with Crippen molar-refractivity contribution in [3.63, 3.8) is 0 Å². The van der Waals surface area contributed by atoms with E-state index in [-0.39, 0.29) is 29.5 Å². The monoisotopic (exact) mass is 357 g/mol. The summed E-state index contributed by atoms with van der Waals surface area (Å²) in [4.78, 5) is 12.5. The average Bonchev–Trinajstić information content (AvgIpc) is 2.80. The van der Waals surface area contributed by atoms with Gasteiger partial charge in [0.1, 0.15) is 6.54 Å². The van der Waals surface area contributed by atoms with Gasteiger partial charge in [0.05, 0.1) is 18.6 Å². The van der Waals surface area contributed by atoms with Crippen molar-refractivity contribution >= 4 is 30.1 Å². The molecule has 23 heavy (non-hydrogen) atoms. The first-order valence-electron chi connectivity index (χ1n) is 7.49. The van der Waals surface area contributed by atoms with E-state index in [9.17, 15) is 4.79 Å². The van der Waals surface area contributed by atoms with Crippen molar-refractivity contribution in [2.24, 2.45) is 5.73 Å². The Morgan fingerprint density at radius 2 is 2.26 bits per heavy atom. The predicted molar refractivity (Wildman–Crippen MR) is 95.0 cm³/mol. The number of nitrogens with two attached hydrogens (primary N) is 1. The summed E-state index contributed by atoms with van der Waals surface area (Å²) in [5, 5.41) is 0.435. The molecule has 1 aliphatic rings. The summed E-state index contributed by atoms with van der Waals surface area (Å²) in [7, 11) is 1.78. The summed E-state index contributed by atoms with van der Waals surface area (Å²) in [6, 6.07) is 3.61. The maximum absolute atomic E-state index is 12.5. The van der Waals surface area contributed by atoms with Gasteiger partial charge in [-0.1, -0.05) is 18.5 Å². The van der Waals surface area contributed by atoms with E-state index in [1.165, 1.54) is 0 Å². The predicted octanol–water partition coefficient (Wildman–Crippen LogP) is 3.70. The number of nitrogens with zero attached hydrogens (tertiary/aromatic N) is 1. The number of halogens is 2. The van der Waals surface area contributed by atoms with Gasteiger partial charge in [-0.15, -0.1) is 18.8 Å². The quantitative estimate of drug-likeness (QED) is 0.660. The molecule has 2 rings (SSSR count). The number of carbonyl (C=O) groups is 1. The number of quaternary nitrogens is 1. The molecule has 2 N–H and O–H groups in total. The van der Waals surface area contributed by atoms with E-state index >= 15 is 0 Å². The molecule has 0 bridgehead atoms. The number of aryl methyl sites for hydroxylation is 1. The molecule has 1 amide bonds. The molecule has 0 saturated carbocycles. The largest absolute Gasteiger partial charge is 0.522 e. The average molecular weight is 358 g/mol. The molecule has 2 atom stereocenters. The van der Waals surface area contributed by atoms with Crippen LogP contribution in [0.3, 0.4) is 0 Å². The van der Waals surface area contributed by atoms with Crippen LogP contribution in [-0.2, 0) is 6.42 Å². The molecule has 1 aromatic carbocycles. The van der Waals surface area contributed by atoms with Crippen LogP contribution >= 0.6 is 24.0 Å². The van der Waals surface area contributed by atoms with Gasteiger partial charge in [-0.2, -0.15) is 4.79 Å². The molecule has 0 radical (unpaired) electrons. The van der Waals surface area contributed by atoms with Gasteiger partial charge in [-0.25, -0.2) is 4.48 Å². The fourth-order valence-electron chi connectivity index (χ4n) is 2.85. The van der Waals surface area contributed by atoms with Gasteiger partial charge < -0.3 is 10.5 Å². The number of benzene rings is 1. The lowest BCUT2D eigenvalue weighted by Gasteiger charge is -2.27. The molecule has 0 aromatic heterocycles. The molecule has 0 spiro atoms. The van der Waals surface area contributed by atoms with Gasteiger partial charge in [0.25, 0.3) is 0 Å². The second-order valence-corrected chi connectivity index (χ2v) is 6.38. The van der Waals surface area contributed by atoms with Crippen molar-refractivity contribution in [2.75, 3.05) is 20.1 Å². The Balaban J connectivity index is 0.00000264. The standard InChI is InChI=1S/C17H22ClN2O2.ClH/c1-4-8-20(3,9-5-2)17(21)22-16-11-13-12(10-14(16)18)6-7-15(13)19;/h1,10-11,15H,5-9,19H2,2-3H3;1H/q+1;.